The molecule has 4 saturated carbocycles. The minimum atomic E-state index is -1.14. The van der Waals surface area contributed by atoms with E-state index in [0.29, 0.717) is 47.4 Å². The second-order valence-electron chi connectivity index (χ2n) is 16.7. The summed E-state index contributed by atoms with van der Waals surface area (Å²) in [6.45, 7) is 7.60. The Kier molecular flexibility index (Phi) is 7.61. The minimum absolute atomic E-state index is 0.0808. The fourth-order valence-corrected chi connectivity index (χ4v) is 12.2. The number of benzene rings is 2. The lowest BCUT2D eigenvalue weighted by atomic mass is 9.38. The molecule has 1 amide bonds. The number of thiazole rings is 1. The molecule has 4 heterocycles. The number of aromatic nitrogens is 2. The number of rotatable bonds is 7. The van der Waals surface area contributed by atoms with E-state index >= 15 is 0 Å². The third-order valence-electron chi connectivity index (χ3n) is 12.4. The fourth-order valence-electron chi connectivity index (χ4n) is 11.4. The molecule has 10 rings (SSSR count). The number of hydrogen-bond donors (Lipinski definition) is 3. The molecule has 4 aliphatic carbocycles. The maximum absolute atomic E-state index is 13.6. The van der Waals surface area contributed by atoms with E-state index < -0.39 is 5.97 Å². The Hall–Kier alpha value is -4.78. The summed E-state index contributed by atoms with van der Waals surface area (Å²) in [6, 6.07) is 17.2. The number of hydrogen-bond acceptors (Lipinski definition) is 10. The zero-order valence-corrected chi connectivity index (χ0v) is 31.3. The molecule has 2 aromatic heterocycles. The van der Waals surface area contributed by atoms with Crippen molar-refractivity contribution in [3.63, 3.8) is 0 Å². The van der Waals surface area contributed by atoms with Crippen molar-refractivity contribution in [2.75, 3.05) is 28.8 Å². The van der Waals surface area contributed by atoms with Gasteiger partial charge in [-0.2, -0.15) is 0 Å². The topological polar surface area (TPSA) is 131 Å². The van der Waals surface area contributed by atoms with Crippen LogP contribution in [0.15, 0.2) is 78.4 Å². The molecular formula is C41H44N6O5S. The van der Waals surface area contributed by atoms with E-state index in [1.807, 2.05) is 84.6 Å². The number of fused-ring (bicyclic) bond motifs is 2. The van der Waals surface area contributed by atoms with Crippen LogP contribution < -0.4 is 15.1 Å². The van der Waals surface area contributed by atoms with Crippen LogP contribution in [0, 0.1) is 16.2 Å². The molecule has 2 unspecified atom stereocenters. The van der Waals surface area contributed by atoms with Gasteiger partial charge in [-0.1, -0.05) is 49.4 Å². The summed E-state index contributed by atoms with van der Waals surface area (Å²) in [5, 5.41) is 26.9. The monoisotopic (exact) mass is 732 g/mol. The first-order valence-electron chi connectivity index (χ1n) is 18.3. The van der Waals surface area contributed by atoms with Crippen molar-refractivity contribution in [1.82, 2.24) is 15.0 Å². The number of methoxy groups -OCH3 is 1. The van der Waals surface area contributed by atoms with Gasteiger partial charge in [0.2, 0.25) is 0 Å². The Labute approximate surface area is 312 Å². The number of carbonyl (C=O) groups excluding carboxylic acids is 1. The van der Waals surface area contributed by atoms with Gasteiger partial charge in [0.05, 0.1) is 33.4 Å². The van der Waals surface area contributed by atoms with Gasteiger partial charge in [-0.25, -0.2) is 19.8 Å². The average Bonchev–Trinajstić information content (AvgIpc) is 3.51. The van der Waals surface area contributed by atoms with Crippen molar-refractivity contribution in [2.45, 2.75) is 77.9 Å². The Bertz CT molecular complexity index is 2210. The quantitative estimate of drug-likeness (QED) is 0.171. The zero-order chi connectivity index (χ0) is 36.9. The summed E-state index contributed by atoms with van der Waals surface area (Å²) in [7, 11) is 1.82. The summed E-state index contributed by atoms with van der Waals surface area (Å²) in [5.74, 6) is -0.852. The second kappa shape index (κ2) is 11.9. The number of pyridine rings is 1. The van der Waals surface area contributed by atoms with E-state index in [0.717, 1.165) is 65.6 Å². The van der Waals surface area contributed by atoms with Crippen LogP contribution in [0.1, 0.15) is 91.3 Å². The number of ether oxygens (including phenoxy) is 1. The predicted octanol–water partition coefficient (Wildman–Crippen LogP) is 8.18. The summed E-state index contributed by atoms with van der Waals surface area (Å²) in [6.07, 6.45) is 10.1. The van der Waals surface area contributed by atoms with Gasteiger partial charge < -0.3 is 19.6 Å². The fraction of sp³-hybridized carbons (Fsp3) is 0.415. The largest absolute Gasteiger partial charge is 0.476 e. The molecule has 0 spiro atoms. The van der Waals surface area contributed by atoms with Gasteiger partial charge in [0, 0.05) is 43.1 Å². The van der Waals surface area contributed by atoms with E-state index in [1.165, 1.54) is 16.4 Å². The molecule has 2 aromatic carbocycles. The summed E-state index contributed by atoms with van der Waals surface area (Å²) < 4.78 is 7.29. The lowest BCUT2D eigenvalue weighted by molar-refractivity contribution is -0.235. The molecule has 3 N–H and O–H groups in total. The first kappa shape index (κ1) is 34.0. The van der Waals surface area contributed by atoms with Crippen molar-refractivity contribution >= 4 is 50.1 Å². The molecule has 4 bridgehead atoms. The first-order chi connectivity index (χ1) is 25.3. The van der Waals surface area contributed by atoms with Gasteiger partial charge in [0.1, 0.15) is 5.82 Å². The molecule has 53 heavy (non-hydrogen) atoms. The Morgan fingerprint density at radius 2 is 1.70 bits per heavy atom. The highest BCUT2D eigenvalue weighted by Gasteiger charge is 2.67. The third-order valence-corrected chi connectivity index (χ3v) is 13.3. The highest BCUT2D eigenvalue weighted by molar-refractivity contribution is 7.22. The van der Waals surface area contributed by atoms with Crippen LogP contribution in [0.5, 0.6) is 0 Å². The van der Waals surface area contributed by atoms with Gasteiger partial charge >= 0.3 is 5.97 Å². The number of aromatic carboxylic acids is 1. The maximum atomic E-state index is 13.6. The summed E-state index contributed by atoms with van der Waals surface area (Å²) in [4.78, 5) is 39.8. The molecule has 2 atom stereocenters. The normalized spacial score (nSPS) is 28.9. The highest BCUT2D eigenvalue weighted by atomic mass is 32.1. The standard InChI is InChI=1S/C41H44N6O5S/c1-25-16-47(51)32(40-20-38(2)19-39(3,21-40)23-41(22-38,24-40)52-4)18-46(25)30-12-13-33(43-34(30)36(49)50)45-15-14-26-8-7-9-27(28(26)17-45)35(48)44-37-42-29-10-5-6-11-31(29)53-37/h5-13,16,18,51H,14-15,17,19-24H2,1-4H3,(H,49,50)(H,42,44,48). The highest BCUT2D eigenvalue weighted by Crippen LogP contribution is 2.73. The third kappa shape index (κ3) is 5.61. The Morgan fingerprint density at radius 3 is 2.43 bits per heavy atom. The van der Waals surface area contributed by atoms with Crippen LogP contribution in [-0.2, 0) is 17.7 Å². The van der Waals surface area contributed by atoms with E-state index in [1.54, 1.807) is 6.20 Å². The maximum Gasteiger partial charge on any atom is 0.356 e. The van der Waals surface area contributed by atoms with Gasteiger partial charge in [-0.05, 0) is 104 Å². The molecule has 12 heteroatoms. The number of carbonyl (C=O) groups is 2. The molecule has 6 aliphatic rings. The number of anilines is 3. The molecule has 274 valence electrons. The Morgan fingerprint density at radius 1 is 0.925 bits per heavy atom. The number of amides is 1. The molecule has 4 aromatic rings. The van der Waals surface area contributed by atoms with Crippen molar-refractivity contribution in [1.29, 1.82) is 0 Å². The molecule has 2 aliphatic heterocycles. The van der Waals surface area contributed by atoms with Crippen molar-refractivity contribution in [3.8, 4) is 0 Å². The number of para-hydroxylation sites is 1. The number of nitrogens with zero attached hydrogens (tertiary/aromatic N) is 5. The first-order valence-corrected chi connectivity index (χ1v) is 19.1. The van der Waals surface area contributed by atoms with Crippen LogP contribution in [0.2, 0.25) is 0 Å². The predicted molar refractivity (Wildman–Crippen MR) is 204 cm³/mol. The van der Waals surface area contributed by atoms with Crippen LogP contribution in [0.4, 0.5) is 16.6 Å². The van der Waals surface area contributed by atoms with Crippen molar-refractivity contribution < 1.29 is 24.6 Å². The molecule has 11 nitrogen and oxygen atoms in total. The summed E-state index contributed by atoms with van der Waals surface area (Å²) >= 11 is 1.43. The molecule has 4 fully saturated rings. The minimum Gasteiger partial charge on any atom is -0.476 e. The molecule has 0 saturated heterocycles. The van der Waals surface area contributed by atoms with Crippen LogP contribution in [-0.4, -0.2) is 56.5 Å². The molecular weight excluding hydrogens is 689 g/mol. The smallest absolute Gasteiger partial charge is 0.356 e. The van der Waals surface area contributed by atoms with Gasteiger partial charge in [-0.3, -0.25) is 15.3 Å². The van der Waals surface area contributed by atoms with Crippen molar-refractivity contribution in [3.05, 3.63) is 101 Å². The average molecular weight is 733 g/mol. The summed E-state index contributed by atoms with van der Waals surface area (Å²) in [5.41, 5.74) is 4.75. The van der Waals surface area contributed by atoms with Gasteiger partial charge in [0.25, 0.3) is 5.91 Å². The number of allylic oxidation sites excluding steroid dienone is 2. The lowest BCUT2D eigenvalue weighted by Gasteiger charge is -2.69. The number of carboxylic acids is 1. The Balaban J connectivity index is 1.02. The van der Waals surface area contributed by atoms with Crippen LogP contribution >= 0.6 is 11.3 Å². The second-order valence-corrected chi connectivity index (χ2v) is 17.8. The van der Waals surface area contributed by atoms with Crippen molar-refractivity contribution in [2.24, 2.45) is 16.2 Å². The van der Waals surface area contributed by atoms with Crippen LogP contribution in [0.25, 0.3) is 10.2 Å². The zero-order valence-electron chi connectivity index (χ0n) is 30.5. The number of hydroxylamine groups is 2. The number of carboxylic acid groups (broad SMARTS) is 1. The van der Waals surface area contributed by atoms with E-state index in [2.05, 4.69) is 24.1 Å². The van der Waals surface area contributed by atoms with Gasteiger partial charge in [0.15, 0.2) is 10.8 Å². The van der Waals surface area contributed by atoms with E-state index in [9.17, 15) is 19.9 Å². The SMILES string of the molecule is COC12CC3(C)CC(C)(C1)CC(C1=CN(c4ccc(N5CCc6cccc(C(=O)Nc7nc8ccccc8s7)c6C5)nc4C(=O)O)C(C)=CN1O)(C3)C2. The van der Waals surface area contributed by atoms with E-state index in [4.69, 9.17) is 9.72 Å². The van der Waals surface area contributed by atoms with Gasteiger partial charge in [-0.15, -0.1) is 0 Å². The van der Waals surface area contributed by atoms with Crippen LogP contribution in [0.3, 0.4) is 0 Å². The molecule has 0 radical (unpaired) electrons. The van der Waals surface area contributed by atoms with E-state index in [-0.39, 0.29) is 33.4 Å². The number of nitrogens with one attached hydrogen (secondary N) is 1. The lowest BCUT2D eigenvalue weighted by Crippen LogP contribution is -2.64.